The summed E-state index contributed by atoms with van der Waals surface area (Å²) in [6.07, 6.45) is 20.8. The van der Waals surface area contributed by atoms with Gasteiger partial charge in [0.25, 0.3) is 0 Å². The molecule has 0 atom stereocenters. The van der Waals surface area contributed by atoms with Crippen molar-refractivity contribution < 1.29 is 4.74 Å². The second kappa shape index (κ2) is 13.3. The lowest BCUT2D eigenvalue weighted by molar-refractivity contribution is 0.418. The lowest BCUT2D eigenvalue weighted by Gasteiger charge is -2.44. The third-order valence-corrected chi connectivity index (χ3v) is 14.3. The van der Waals surface area contributed by atoms with Crippen LogP contribution in [0.2, 0.25) is 0 Å². The van der Waals surface area contributed by atoms with E-state index in [-0.39, 0.29) is 10.3 Å². The van der Waals surface area contributed by atoms with E-state index in [0.717, 1.165) is 11.7 Å². The van der Waals surface area contributed by atoms with Gasteiger partial charge in [-0.2, -0.15) is 0 Å². The van der Waals surface area contributed by atoms with Crippen LogP contribution in [0.15, 0.2) is 24.3 Å². The molecule has 2 aromatic carbocycles. The van der Waals surface area contributed by atoms with E-state index in [9.17, 15) is 0 Å². The van der Waals surface area contributed by atoms with E-state index in [1.165, 1.54) is 107 Å². The van der Waals surface area contributed by atoms with E-state index < -0.39 is 7.92 Å². The summed E-state index contributed by atoms with van der Waals surface area (Å²) in [7, 11) is 1.38. The standard InChI is InChI=1S/C40H61OP/c1-28-24-25-35(41-8)38(42(39(2,3)4)40(5,6)7)36(28)37-33(30-20-14-10-15-21-30)26-32(29-18-12-9-13-19-29)27-34(37)31-22-16-11-17-23-31/h24-27,29-31H,9-23H2,1-8H3. The molecule has 42 heavy (non-hydrogen) atoms. The maximum atomic E-state index is 6.34. The van der Waals surface area contributed by atoms with Gasteiger partial charge in [0.15, 0.2) is 0 Å². The lowest BCUT2D eigenvalue weighted by Crippen LogP contribution is -2.33. The second-order valence-electron chi connectivity index (χ2n) is 16.1. The molecule has 0 bridgehead atoms. The minimum absolute atomic E-state index is 0.168. The Kier molecular flexibility index (Phi) is 10.2. The normalized spacial score (nSPS) is 20.3. The molecule has 3 aliphatic rings. The predicted molar refractivity (Wildman–Crippen MR) is 187 cm³/mol. The number of methoxy groups -OCH3 is 1. The van der Waals surface area contributed by atoms with E-state index in [2.05, 4.69) is 72.7 Å². The maximum Gasteiger partial charge on any atom is 0.127 e. The monoisotopic (exact) mass is 588 g/mol. The van der Waals surface area contributed by atoms with Gasteiger partial charge < -0.3 is 4.74 Å². The molecule has 0 aliphatic heterocycles. The predicted octanol–water partition coefficient (Wildman–Crippen LogP) is 12.5. The largest absolute Gasteiger partial charge is 0.496 e. The number of aryl methyl sites for hydroxylation is 1. The highest BCUT2D eigenvalue weighted by atomic mass is 31.1. The van der Waals surface area contributed by atoms with Crippen molar-refractivity contribution in [2.24, 2.45) is 0 Å². The van der Waals surface area contributed by atoms with Crippen LogP contribution in [0.25, 0.3) is 11.1 Å². The fourth-order valence-corrected chi connectivity index (χ4v) is 13.4. The zero-order valence-corrected chi connectivity index (χ0v) is 29.4. The van der Waals surface area contributed by atoms with Crippen LogP contribution in [0.4, 0.5) is 0 Å². The van der Waals surface area contributed by atoms with E-state index in [4.69, 9.17) is 4.74 Å². The van der Waals surface area contributed by atoms with Crippen LogP contribution in [-0.4, -0.2) is 17.4 Å². The molecule has 0 radical (unpaired) electrons. The summed E-state index contributed by atoms with van der Waals surface area (Å²) in [6, 6.07) is 10.2. The molecule has 232 valence electrons. The van der Waals surface area contributed by atoms with Gasteiger partial charge in [-0.15, -0.1) is 0 Å². The molecular formula is C40H61OP. The maximum absolute atomic E-state index is 6.34. The molecule has 0 N–H and O–H groups in total. The number of rotatable bonds is 6. The van der Waals surface area contributed by atoms with Crippen LogP contribution >= 0.6 is 7.92 Å². The second-order valence-corrected chi connectivity index (χ2v) is 19.9. The molecule has 0 unspecified atom stereocenters. The first-order chi connectivity index (χ1) is 20.0. The van der Waals surface area contributed by atoms with Gasteiger partial charge in [0.2, 0.25) is 0 Å². The molecule has 5 rings (SSSR count). The first kappa shape index (κ1) is 32.1. The summed E-state index contributed by atoms with van der Waals surface area (Å²) >= 11 is 0. The van der Waals surface area contributed by atoms with Crippen molar-refractivity contribution in [3.63, 3.8) is 0 Å². The van der Waals surface area contributed by atoms with Crippen LogP contribution in [-0.2, 0) is 0 Å². The van der Waals surface area contributed by atoms with Crippen molar-refractivity contribution in [3.8, 4) is 16.9 Å². The average molecular weight is 589 g/mol. The highest BCUT2D eigenvalue weighted by Crippen LogP contribution is 2.62. The van der Waals surface area contributed by atoms with E-state index in [1.54, 1.807) is 27.8 Å². The smallest absolute Gasteiger partial charge is 0.127 e. The summed E-state index contributed by atoms with van der Waals surface area (Å²) in [5, 5.41) is 1.87. The number of hydrogen-bond acceptors (Lipinski definition) is 1. The topological polar surface area (TPSA) is 9.23 Å². The van der Waals surface area contributed by atoms with Gasteiger partial charge in [-0.05, 0) is 113 Å². The first-order valence-corrected chi connectivity index (χ1v) is 19.0. The average Bonchev–Trinajstić information content (AvgIpc) is 2.97. The van der Waals surface area contributed by atoms with Crippen molar-refractivity contribution in [1.29, 1.82) is 0 Å². The molecule has 1 nitrogen and oxygen atoms in total. The van der Waals surface area contributed by atoms with Gasteiger partial charge in [-0.1, -0.05) is 125 Å². The van der Waals surface area contributed by atoms with Crippen molar-refractivity contribution >= 4 is 13.2 Å². The number of ether oxygens (including phenoxy) is 1. The molecule has 0 spiro atoms. The highest BCUT2D eigenvalue weighted by Gasteiger charge is 2.41. The van der Waals surface area contributed by atoms with Crippen LogP contribution < -0.4 is 10.0 Å². The van der Waals surface area contributed by atoms with E-state index in [1.807, 2.05) is 7.11 Å². The van der Waals surface area contributed by atoms with Crippen LogP contribution in [0.5, 0.6) is 5.75 Å². The SMILES string of the molecule is COc1ccc(C)c(-c2c(C3CCCCC3)cc(C3CCCCC3)cc2C2CCCCC2)c1P(C(C)(C)C)C(C)(C)C. The number of hydrogen-bond donors (Lipinski definition) is 0. The molecule has 2 aromatic rings. The first-order valence-electron chi connectivity index (χ1n) is 17.7. The molecule has 3 fully saturated rings. The third-order valence-electron chi connectivity index (χ3n) is 10.8. The molecule has 3 aliphatic carbocycles. The van der Waals surface area contributed by atoms with Gasteiger partial charge in [0.05, 0.1) is 7.11 Å². The van der Waals surface area contributed by atoms with Crippen LogP contribution in [0.3, 0.4) is 0 Å². The fraction of sp³-hybridized carbons (Fsp3) is 0.700. The molecular weight excluding hydrogens is 527 g/mol. The minimum Gasteiger partial charge on any atom is -0.496 e. The summed E-state index contributed by atoms with van der Waals surface area (Å²) in [6.45, 7) is 17.3. The summed E-state index contributed by atoms with van der Waals surface area (Å²) in [5.74, 6) is 3.25. The summed E-state index contributed by atoms with van der Waals surface area (Å²) in [4.78, 5) is 0. The third kappa shape index (κ3) is 6.82. The van der Waals surface area contributed by atoms with Crippen LogP contribution in [0.1, 0.15) is 178 Å². The highest BCUT2D eigenvalue weighted by molar-refractivity contribution is 7.69. The Morgan fingerprint density at radius 2 is 1.02 bits per heavy atom. The Hall–Kier alpha value is -1.33. The summed E-state index contributed by atoms with van der Waals surface area (Å²) in [5.41, 5.74) is 9.78. The zero-order valence-electron chi connectivity index (χ0n) is 28.5. The quantitative estimate of drug-likeness (QED) is 0.305. The van der Waals surface area contributed by atoms with Crippen molar-refractivity contribution in [2.45, 2.75) is 173 Å². The van der Waals surface area contributed by atoms with Gasteiger partial charge in [-0.25, -0.2) is 0 Å². The van der Waals surface area contributed by atoms with Gasteiger partial charge >= 0.3 is 0 Å². The Labute approximate surface area is 260 Å². The molecule has 2 heteroatoms. The van der Waals surface area contributed by atoms with Crippen LogP contribution in [0, 0.1) is 6.92 Å². The van der Waals surface area contributed by atoms with Gasteiger partial charge in [0.1, 0.15) is 5.75 Å². The molecule has 0 heterocycles. The van der Waals surface area contributed by atoms with E-state index >= 15 is 0 Å². The van der Waals surface area contributed by atoms with Crippen molar-refractivity contribution in [3.05, 3.63) is 46.5 Å². The van der Waals surface area contributed by atoms with Gasteiger partial charge in [0, 0.05) is 5.30 Å². The Bertz CT molecular complexity index is 1140. The minimum atomic E-state index is -0.530. The zero-order chi connectivity index (χ0) is 30.1. The van der Waals surface area contributed by atoms with Crippen molar-refractivity contribution in [2.75, 3.05) is 7.11 Å². The van der Waals surface area contributed by atoms with Crippen molar-refractivity contribution in [1.82, 2.24) is 0 Å². The van der Waals surface area contributed by atoms with E-state index in [0.29, 0.717) is 11.8 Å². The Morgan fingerprint density at radius 3 is 1.43 bits per heavy atom. The summed E-state index contributed by atoms with van der Waals surface area (Å²) < 4.78 is 6.34. The molecule has 3 saturated carbocycles. The Morgan fingerprint density at radius 1 is 0.595 bits per heavy atom. The molecule has 0 amide bonds. The lowest BCUT2D eigenvalue weighted by atomic mass is 9.72. The fourth-order valence-electron chi connectivity index (χ4n) is 9.20. The van der Waals surface area contributed by atoms with Gasteiger partial charge in [-0.3, -0.25) is 0 Å². The number of benzene rings is 2. The Balaban J connectivity index is 1.86. The molecule has 0 saturated heterocycles. The molecule has 0 aromatic heterocycles.